The molecule has 29 heavy (non-hydrogen) atoms. The molecule has 0 aliphatic carbocycles. The molecule has 3 nitrogen and oxygen atoms in total. The number of fused-ring (bicyclic) bond motifs is 1. The summed E-state index contributed by atoms with van der Waals surface area (Å²) in [5.74, 6) is 0.463. The molecular formula is C26H41NO2. The summed E-state index contributed by atoms with van der Waals surface area (Å²) in [6.45, 7) is 4.28. The van der Waals surface area contributed by atoms with E-state index in [0.29, 0.717) is 5.89 Å². The first kappa shape index (κ1) is 23.7. The van der Waals surface area contributed by atoms with E-state index in [4.69, 9.17) is 4.42 Å². The molecule has 0 fully saturated rings. The van der Waals surface area contributed by atoms with Gasteiger partial charge in [-0.15, -0.1) is 0 Å². The van der Waals surface area contributed by atoms with E-state index in [1.165, 1.54) is 70.6 Å². The van der Waals surface area contributed by atoms with Crippen molar-refractivity contribution in [2.45, 2.75) is 110 Å². The van der Waals surface area contributed by atoms with E-state index in [9.17, 15) is 5.11 Å². The molecule has 0 aliphatic heterocycles. The number of aryl methyl sites for hydroxylation is 1. The van der Waals surface area contributed by atoms with E-state index in [-0.39, 0.29) is 0 Å². The van der Waals surface area contributed by atoms with Crippen molar-refractivity contribution in [3.8, 4) is 0 Å². The molecule has 1 aromatic heterocycles. The Morgan fingerprint density at radius 2 is 1.52 bits per heavy atom. The summed E-state index contributed by atoms with van der Waals surface area (Å²) < 4.78 is 5.77. The number of para-hydroxylation sites is 1. The third-order valence-corrected chi connectivity index (χ3v) is 5.65. The van der Waals surface area contributed by atoms with Gasteiger partial charge in [0.05, 0.1) is 0 Å². The largest absolute Gasteiger partial charge is 0.438 e. The fourth-order valence-corrected chi connectivity index (χ4v) is 3.78. The predicted octanol–water partition coefficient (Wildman–Crippen LogP) is 8.21. The first-order valence-corrected chi connectivity index (χ1v) is 11.9. The predicted molar refractivity (Wildman–Crippen MR) is 123 cm³/mol. The molecule has 0 radical (unpaired) electrons. The Morgan fingerprint density at radius 1 is 0.897 bits per heavy atom. The Balaban J connectivity index is 1.45. The summed E-state index contributed by atoms with van der Waals surface area (Å²) in [7, 11) is 0. The maximum atomic E-state index is 10.4. The third kappa shape index (κ3) is 9.16. The molecule has 0 saturated carbocycles. The summed E-state index contributed by atoms with van der Waals surface area (Å²) in [6, 6.07) is 5.91. The highest BCUT2D eigenvalue weighted by Crippen LogP contribution is 2.25. The first-order valence-electron chi connectivity index (χ1n) is 11.9. The fourth-order valence-electron chi connectivity index (χ4n) is 3.78. The molecule has 1 heterocycles. The van der Waals surface area contributed by atoms with Gasteiger partial charge in [0.1, 0.15) is 11.6 Å². The molecule has 1 N–H and O–H groups in total. The molecule has 2 rings (SSSR count). The number of oxazole rings is 1. The van der Waals surface area contributed by atoms with E-state index >= 15 is 0 Å². The van der Waals surface area contributed by atoms with E-state index in [2.05, 4.69) is 24.1 Å². The minimum atomic E-state index is -0.591. The molecule has 1 unspecified atom stereocenters. The number of rotatable bonds is 16. The Morgan fingerprint density at radius 3 is 2.17 bits per heavy atom. The molecule has 2 aromatic rings. The van der Waals surface area contributed by atoms with Gasteiger partial charge in [0.2, 0.25) is 5.89 Å². The smallest absolute Gasteiger partial charge is 0.224 e. The van der Waals surface area contributed by atoms with Crippen molar-refractivity contribution in [3.05, 3.63) is 41.8 Å². The highest BCUT2D eigenvalue weighted by molar-refractivity contribution is 5.76. The standard InChI is InChI=1S/C26H41NO2/c1-3-4-5-6-7-8-9-10-11-12-13-14-15-16-17-21-24(28)26-27-23-20-18-19-22(2)25(23)29-26/h10-11,18-20,24,28H,3-9,12-17,21H2,1-2H3/b11-10-. The Bertz CT molecular complexity index is 704. The second-order valence-corrected chi connectivity index (χ2v) is 8.36. The molecule has 0 amide bonds. The van der Waals surface area contributed by atoms with Gasteiger partial charge in [0.25, 0.3) is 0 Å². The number of aliphatic hydroxyl groups is 1. The van der Waals surface area contributed by atoms with Crippen LogP contribution >= 0.6 is 0 Å². The van der Waals surface area contributed by atoms with Crippen molar-refractivity contribution in [2.75, 3.05) is 0 Å². The van der Waals surface area contributed by atoms with Crippen molar-refractivity contribution in [2.24, 2.45) is 0 Å². The van der Waals surface area contributed by atoms with E-state index in [0.717, 1.165) is 35.9 Å². The van der Waals surface area contributed by atoms with Crippen molar-refractivity contribution < 1.29 is 9.52 Å². The van der Waals surface area contributed by atoms with Gasteiger partial charge >= 0.3 is 0 Å². The van der Waals surface area contributed by atoms with Crippen LogP contribution in [0.4, 0.5) is 0 Å². The van der Waals surface area contributed by atoms with E-state index in [1.807, 2.05) is 25.1 Å². The number of unbranched alkanes of at least 4 members (excludes halogenated alkanes) is 11. The number of hydrogen-bond acceptors (Lipinski definition) is 3. The number of nitrogens with zero attached hydrogens (tertiary/aromatic N) is 1. The first-order chi connectivity index (χ1) is 14.2. The lowest BCUT2D eigenvalue weighted by Gasteiger charge is -2.06. The zero-order valence-corrected chi connectivity index (χ0v) is 18.7. The Labute approximate surface area is 177 Å². The molecule has 1 atom stereocenters. The number of aliphatic hydroxyl groups excluding tert-OH is 1. The second-order valence-electron chi connectivity index (χ2n) is 8.36. The quantitative estimate of drug-likeness (QED) is 0.228. The van der Waals surface area contributed by atoms with E-state index < -0.39 is 6.10 Å². The highest BCUT2D eigenvalue weighted by atomic mass is 16.4. The van der Waals surface area contributed by atoms with Crippen molar-refractivity contribution >= 4 is 11.1 Å². The minimum absolute atomic E-state index is 0.463. The molecule has 0 aliphatic rings. The summed E-state index contributed by atoms with van der Waals surface area (Å²) >= 11 is 0. The average molecular weight is 400 g/mol. The number of allylic oxidation sites excluding steroid dienone is 2. The van der Waals surface area contributed by atoms with E-state index in [1.54, 1.807) is 0 Å². The van der Waals surface area contributed by atoms with Gasteiger partial charge in [0.15, 0.2) is 5.58 Å². The highest BCUT2D eigenvalue weighted by Gasteiger charge is 2.15. The van der Waals surface area contributed by atoms with Crippen LogP contribution in [0.15, 0.2) is 34.8 Å². The molecule has 162 valence electrons. The van der Waals surface area contributed by atoms with Crippen LogP contribution in [0.3, 0.4) is 0 Å². The maximum absolute atomic E-state index is 10.4. The number of benzene rings is 1. The van der Waals surface area contributed by atoms with Crippen LogP contribution in [0, 0.1) is 6.92 Å². The van der Waals surface area contributed by atoms with Gasteiger partial charge in [-0.1, -0.05) is 89.0 Å². The number of hydrogen-bond donors (Lipinski definition) is 1. The summed E-state index contributed by atoms with van der Waals surface area (Å²) in [5, 5.41) is 10.4. The average Bonchev–Trinajstić information content (AvgIpc) is 3.17. The van der Waals surface area contributed by atoms with Gasteiger partial charge in [-0.3, -0.25) is 0 Å². The van der Waals surface area contributed by atoms with Crippen LogP contribution in [0.1, 0.15) is 114 Å². The van der Waals surface area contributed by atoms with Crippen LogP contribution in [0.25, 0.3) is 11.1 Å². The van der Waals surface area contributed by atoms with Crippen molar-refractivity contribution in [1.29, 1.82) is 0 Å². The molecular weight excluding hydrogens is 358 g/mol. The third-order valence-electron chi connectivity index (χ3n) is 5.65. The second kappa shape index (κ2) is 14.4. The van der Waals surface area contributed by atoms with Crippen LogP contribution in [0.5, 0.6) is 0 Å². The lowest BCUT2D eigenvalue weighted by Crippen LogP contribution is -1.97. The molecule has 0 bridgehead atoms. The SMILES string of the molecule is CCCCCCCC/C=C\CCCCCCCC(O)c1nc2cccc(C)c2o1. The van der Waals surface area contributed by atoms with Crippen molar-refractivity contribution in [1.82, 2.24) is 4.98 Å². The van der Waals surface area contributed by atoms with Crippen LogP contribution in [-0.4, -0.2) is 10.1 Å². The van der Waals surface area contributed by atoms with Crippen LogP contribution in [0.2, 0.25) is 0 Å². The fraction of sp³-hybridized carbons (Fsp3) is 0.654. The van der Waals surface area contributed by atoms with Gasteiger partial charge in [-0.05, 0) is 50.7 Å². The molecule has 3 heteroatoms. The van der Waals surface area contributed by atoms with Gasteiger partial charge in [-0.2, -0.15) is 0 Å². The van der Waals surface area contributed by atoms with Crippen LogP contribution < -0.4 is 0 Å². The van der Waals surface area contributed by atoms with Gasteiger partial charge in [0, 0.05) is 0 Å². The number of aromatic nitrogens is 1. The summed E-state index contributed by atoms with van der Waals surface area (Å²) in [4.78, 5) is 4.44. The Hall–Kier alpha value is -1.61. The monoisotopic (exact) mass is 399 g/mol. The van der Waals surface area contributed by atoms with Gasteiger partial charge < -0.3 is 9.52 Å². The van der Waals surface area contributed by atoms with Crippen LogP contribution in [-0.2, 0) is 0 Å². The van der Waals surface area contributed by atoms with Gasteiger partial charge in [-0.25, -0.2) is 4.98 Å². The summed E-state index contributed by atoms with van der Waals surface area (Å²) in [6.07, 6.45) is 21.6. The zero-order chi connectivity index (χ0) is 20.7. The molecule has 1 aromatic carbocycles. The summed E-state index contributed by atoms with van der Waals surface area (Å²) in [5.41, 5.74) is 2.70. The Kier molecular flexibility index (Phi) is 11.7. The molecule has 0 saturated heterocycles. The normalized spacial score (nSPS) is 12.9. The lowest BCUT2D eigenvalue weighted by molar-refractivity contribution is 0.133. The maximum Gasteiger partial charge on any atom is 0.224 e. The molecule has 0 spiro atoms. The zero-order valence-electron chi connectivity index (χ0n) is 18.7. The lowest BCUT2D eigenvalue weighted by atomic mass is 10.1. The topological polar surface area (TPSA) is 46.3 Å². The minimum Gasteiger partial charge on any atom is -0.438 e. The van der Waals surface area contributed by atoms with Crippen molar-refractivity contribution in [3.63, 3.8) is 0 Å².